The largest absolute Gasteiger partial charge is 0.394 e. The summed E-state index contributed by atoms with van der Waals surface area (Å²) in [6.45, 7) is 11.0. The standard InChI is InChI=1S/C19H36N2O4S/c1-11(2)7-14(10-26)18(24)21-16(9-22)17(23)8-15(12(3)4)19(25)20-13(5)6/h11-16,22,26H,7-10H2,1-6H3,(H,20,25)(H,21,24)/t14-,15-,16-/m0/s1. The molecule has 0 saturated carbocycles. The molecule has 3 N–H and O–H groups in total. The summed E-state index contributed by atoms with van der Waals surface area (Å²) in [4.78, 5) is 37.3. The van der Waals surface area contributed by atoms with Gasteiger partial charge in [-0.25, -0.2) is 0 Å². The SMILES string of the molecule is CC(C)C[C@@H](CS)C(=O)N[C@@H](CO)C(=O)C[C@H](C(=O)NC(C)C)C(C)C. The number of hydrogen-bond acceptors (Lipinski definition) is 5. The van der Waals surface area contributed by atoms with E-state index in [1.54, 1.807) is 0 Å². The Balaban J connectivity index is 4.99. The zero-order chi connectivity index (χ0) is 20.4. The van der Waals surface area contributed by atoms with Crippen LogP contribution in [-0.4, -0.2) is 47.1 Å². The van der Waals surface area contributed by atoms with E-state index in [1.807, 2.05) is 41.5 Å². The van der Waals surface area contributed by atoms with Crippen LogP contribution in [0.1, 0.15) is 54.4 Å². The van der Waals surface area contributed by atoms with E-state index in [-0.39, 0.29) is 41.9 Å². The van der Waals surface area contributed by atoms with Gasteiger partial charge >= 0.3 is 0 Å². The van der Waals surface area contributed by atoms with Crippen LogP contribution in [0.3, 0.4) is 0 Å². The van der Waals surface area contributed by atoms with Crippen molar-refractivity contribution < 1.29 is 19.5 Å². The second-order valence-electron chi connectivity index (χ2n) is 7.94. The fraction of sp³-hybridized carbons (Fsp3) is 0.842. The summed E-state index contributed by atoms with van der Waals surface area (Å²) < 4.78 is 0. The molecule has 0 aliphatic carbocycles. The normalized spacial score (nSPS) is 15.0. The van der Waals surface area contributed by atoms with Crippen molar-refractivity contribution in [1.29, 1.82) is 0 Å². The van der Waals surface area contributed by atoms with Crippen molar-refractivity contribution in [1.82, 2.24) is 10.6 Å². The van der Waals surface area contributed by atoms with Crippen LogP contribution in [0.2, 0.25) is 0 Å². The monoisotopic (exact) mass is 388 g/mol. The van der Waals surface area contributed by atoms with E-state index in [4.69, 9.17) is 0 Å². The van der Waals surface area contributed by atoms with Crippen molar-refractivity contribution in [3.8, 4) is 0 Å². The lowest BCUT2D eigenvalue weighted by Gasteiger charge is -2.24. The predicted molar refractivity (Wildman–Crippen MR) is 107 cm³/mol. The summed E-state index contributed by atoms with van der Waals surface area (Å²) >= 11 is 4.21. The Bertz CT molecular complexity index is 466. The van der Waals surface area contributed by atoms with Crippen LogP contribution in [0.5, 0.6) is 0 Å². The molecular weight excluding hydrogens is 352 g/mol. The molecule has 152 valence electrons. The third kappa shape index (κ3) is 9.03. The van der Waals surface area contributed by atoms with E-state index >= 15 is 0 Å². The number of carbonyl (C=O) groups excluding carboxylic acids is 3. The zero-order valence-corrected chi connectivity index (χ0v) is 17.8. The van der Waals surface area contributed by atoms with Crippen molar-refractivity contribution >= 4 is 30.2 Å². The minimum atomic E-state index is -0.995. The predicted octanol–water partition coefficient (Wildman–Crippen LogP) is 1.81. The first kappa shape index (κ1) is 24.9. The van der Waals surface area contributed by atoms with E-state index in [0.29, 0.717) is 18.1 Å². The number of aliphatic hydroxyl groups excluding tert-OH is 1. The van der Waals surface area contributed by atoms with Crippen LogP contribution < -0.4 is 10.6 Å². The number of carbonyl (C=O) groups is 3. The van der Waals surface area contributed by atoms with E-state index in [0.717, 1.165) is 0 Å². The fourth-order valence-electron chi connectivity index (χ4n) is 2.73. The molecule has 0 radical (unpaired) electrons. The number of aliphatic hydroxyl groups is 1. The van der Waals surface area contributed by atoms with Gasteiger partial charge in [0.2, 0.25) is 11.8 Å². The van der Waals surface area contributed by atoms with Gasteiger partial charge in [0.05, 0.1) is 6.61 Å². The Labute approximate surface area is 163 Å². The van der Waals surface area contributed by atoms with Gasteiger partial charge in [-0.3, -0.25) is 14.4 Å². The molecule has 0 rings (SSSR count). The molecule has 0 saturated heterocycles. The Kier molecular flexibility index (Phi) is 11.8. The van der Waals surface area contributed by atoms with Crippen molar-refractivity contribution in [3.05, 3.63) is 0 Å². The second kappa shape index (κ2) is 12.3. The highest BCUT2D eigenvalue weighted by Crippen LogP contribution is 2.18. The molecule has 7 heteroatoms. The summed E-state index contributed by atoms with van der Waals surface area (Å²) in [6, 6.07) is -1.01. The van der Waals surface area contributed by atoms with Gasteiger partial charge in [0.1, 0.15) is 6.04 Å². The van der Waals surface area contributed by atoms with E-state index in [1.165, 1.54) is 0 Å². The minimum absolute atomic E-state index is 0.0145. The Morgan fingerprint density at radius 1 is 0.962 bits per heavy atom. The first-order valence-electron chi connectivity index (χ1n) is 9.38. The number of ketones is 1. The lowest BCUT2D eigenvalue weighted by Crippen LogP contribution is -2.48. The van der Waals surface area contributed by atoms with Gasteiger partial charge in [-0.15, -0.1) is 0 Å². The van der Waals surface area contributed by atoms with Crippen LogP contribution in [0.25, 0.3) is 0 Å². The third-order valence-corrected chi connectivity index (χ3v) is 4.67. The van der Waals surface area contributed by atoms with Crippen LogP contribution in [-0.2, 0) is 14.4 Å². The topological polar surface area (TPSA) is 95.5 Å². The van der Waals surface area contributed by atoms with Gasteiger partial charge in [0.15, 0.2) is 5.78 Å². The maximum Gasteiger partial charge on any atom is 0.224 e. The molecule has 0 bridgehead atoms. The fourth-order valence-corrected chi connectivity index (χ4v) is 3.05. The Morgan fingerprint density at radius 3 is 1.92 bits per heavy atom. The highest BCUT2D eigenvalue weighted by atomic mass is 32.1. The highest BCUT2D eigenvalue weighted by molar-refractivity contribution is 7.80. The van der Waals surface area contributed by atoms with E-state index < -0.39 is 18.6 Å². The number of thiol groups is 1. The summed E-state index contributed by atoms with van der Waals surface area (Å²) in [5, 5.41) is 15.0. The van der Waals surface area contributed by atoms with Crippen molar-refractivity contribution in [3.63, 3.8) is 0 Å². The molecular formula is C19H36N2O4S. The summed E-state index contributed by atoms with van der Waals surface area (Å²) in [5.41, 5.74) is 0. The average molecular weight is 389 g/mol. The second-order valence-corrected chi connectivity index (χ2v) is 8.30. The molecule has 6 nitrogen and oxygen atoms in total. The molecule has 0 aliphatic rings. The Hall–Kier alpha value is -1.08. The van der Waals surface area contributed by atoms with Gasteiger partial charge in [-0.1, -0.05) is 27.7 Å². The summed E-state index contributed by atoms with van der Waals surface area (Å²) in [6.07, 6.45) is 0.643. The van der Waals surface area contributed by atoms with Crippen molar-refractivity contribution in [2.45, 2.75) is 66.5 Å². The van der Waals surface area contributed by atoms with Gasteiger partial charge < -0.3 is 15.7 Å². The van der Waals surface area contributed by atoms with Crippen LogP contribution in [0.15, 0.2) is 0 Å². The molecule has 0 aromatic rings. The molecule has 0 aromatic carbocycles. The van der Waals surface area contributed by atoms with Crippen molar-refractivity contribution in [2.24, 2.45) is 23.7 Å². The molecule has 0 aromatic heterocycles. The van der Waals surface area contributed by atoms with Gasteiger partial charge in [-0.2, -0.15) is 12.6 Å². The highest BCUT2D eigenvalue weighted by Gasteiger charge is 2.30. The van der Waals surface area contributed by atoms with Crippen molar-refractivity contribution in [2.75, 3.05) is 12.4 Å². The number of hydrogen-bond donors (Lipinski definition) is 4. The van der Waals surface area contributed by atoms with Crippen LogP contribution >= 0.6 is 12.6 Å². The summed E-state index contributed by atoms with van der Waals surface area (Å²) in [5.74, 6) is -0.932. The molecule has 3 atom stereocenters. The molecule has 0 aliphatic heterocycles. The van der Waals surface area contributed by atoms with Gasteiger partial charge in [-0.05, 0) is 32.1 Å². The first-order valence-corrected chi connectivity index (χ1v) is 10.0. The van der Waals surface area contributed by atoms with E-state index in [2.05, 4.69) is 23.3 Å². The third-order valence-electron chi connectivity index (χ3n) is 4.23. The maximum absolute atomic E-state index is 12.6. The summed E-state index contributed by atoms with van der Waals surface area (Å²) in [7, 11) is 0. The lowest BCUT2D eigenvalue weighted by atomic mass is 9.87. The molecule has 26 heavy (non-hydrogen) atoms. The molecule has 0 heterocycles. The minimum Gasteiger partial charge on any atom is -0.394 e. The molecule has 0 spiro atoms. The zero-order valence-electron chi connectivity index (χ0n) is 16.9. The lowest BCUT2D eigenvalue weighted by molar-refractivity contribution is -0.134. The average Bonchev–Trinajstić information content (AvgIpc) is 2.53. The maximum atomic E-state index is 12.6. The van der Waals surface area contributed by atoms with E-state index in [9.17, 15) is 19.5 Å². The van der Waals surface area contributed by atoms with Gasteiger partial charge in [0.25, 0.3) is 0 Å². The number of nitrogens with one attached hydrogen (secondary N) is 2. The number of Topliss-reactive ketones (excluding diaryl/α,β-unsaturated/α-hetero) is 1. The van der Waals surface area contributed by atoms with Crippen LogP contribution in [0.4, 0.5) is 0 Å². The first-order chi connectivity index (χ1) is 12.0. The molecule has 0 unspecified atom stereocenters. The Morgan fingerprint density at radius 2 is 1.54 bits per heavy atom. The smallest absolute Gasteiger partial charge is 0.224 e. The molecule has 0 fully saturated rings. The van der Waals surface area contributed by atoms with Gasteiger partial charge in [0, 0.05) is 30.1 Å². The quantitative estimate of drug-likeness (QED) is 0.384. The number of rotatable bonds is 12. The van der Waals surface area contributed by atoms with Crippen LogP contribution in [0, 0.1) is 23.7 Å². The molecule has 2 amide bonds. The number of amides is 2.